The van der Waals surface area contributed by atoms with Crippen molar-refractivity contribution >= 4 is 40.0 Å². The van der Waals surface area contributed by atoms with Gasteiger partial charge in [-0.15, -0.1) is 22.7 Å². The molecule has 0 saturated heterocycles. The molecule has 3 nitrogen and oxygen atoms in total. The summed E-state index contributed by atoms with van der Waals surface area (Å²) in [6, 6.07) is 24.1. The number of benzene rings is 2. The van der Waals surface area contributed by atoms with Crippen LogP contribution in [0.3, 0.4) is 0 Å². The Morgan fingerprint density at radius 2 is 1.36 bits per heavy atom. The first-order valence-corrected chi connectivity index (χ1v) is 10.5. The Morgan fingerprint density at radius 1 is 0.786 bits per heavy atom. The van der Waals surface area contributed by atoms with E-state index in [0.29, 0.717) is 5.56 Å². The number of hydrogen-bond donors (Lipinski definition) is 0. The summed E-state index contributed by atoms with van der Waals surface area (Å²) < 4.78 is 4.93. The number of carbonyl (C=O) groups is 1. The number of thiophene rings is 2. The van der Waals surface area contributed by atoms with Gasteiger partial charge in [0.2, 0.25) is 0 Å². The van der Waals surface area contributed by atoms with Gasteiger partial charge in [0.1, 0.15) is 0 Å². The zero-order valence-electron chi connectivity index (χ0n) is 15.2. The zero-order valence-corrected chi connectivity index (χ0v) is 16.8. The van der Waals surface area contributed by atoms with Crippen LogP contribution in [0.5, 0.6) is 0 Å². The van der Waals surface area contributed by atoms with Crippen molar-refractivity contribution in [1.82, 2.24) is 0 Å². The lowest BCUT2D eigenvalue weighted by Crippen LogP contribution is -2.02. The van der Waals surface area contributed by atoms with Crippen LogP contribution in [0.1, 0.15) is 21.5 Å². The topological polar surface area (TPSA) is 38.7 Å². The molecular weight excluding hydrogens is 386 g/mol. The molecule has 28 heavy (non-hydrogen) atoms. The molecule has 5 heteroatoms. The van der Waals surface area contributed by atoms with Crippen LogP contribution >= 0.6 is 22.7 Å². The molecule has 0 N–H and O–H groups in total. The van der Waals surface area contributed by atoms with Gasteiger partial charge in [-0.1, -0.05) is 60.7 Å². The van der Waals surface area contributed by atoms with E-state index in [2.05, 4.69) is 24.3 Å². The molecule has 0 atom stereocenters. The summed E-state index contributed by atoms with van der Waals surface area (Å²) in [5, 5.41) is 3.91. The first-order valence-electron chi connectivity index (χ1n) is 8.71. The Labute approximate surface area is 171 Å². The van der Waals surface area contributed by atoms with Gasteiger partial charge < -0.3 is 4.74 Å². The van der Waals surface area contributed by atoms with Crippen LogP contribution < -0.4 is 0 Å². The summed E-state index contributed by atoms with van der Waals surface area (Å²) in [7, 11) is 1.40. The zero-order chi connectivity index (χ0) is 19.3. The molecule has 2 aromatic carbocycles. The van der Waals surface area contributed by atoms with Crippen molar-refractivity contribution in [2.75, 3.05) is 7.11 Å². The van der Waals surface area contributed by atoms with Crippen LogP contribution in [-0.2, 0) is 4.74 Å². The highest BCUT2D eigenvalue weighted by Gasteiger charge is 2.19. The average Bonchev–Trinajstić information content (AvgIpc) is 3.41. The van der Waals surface area contributed by atoms with Crippen LogP contribution in [0.2, 0.25) is 0 Å². The van der Waals surface area contributed by atoms with Gasteiger partial charge in [-0.25, -0.2) is 9.79 Å². The predicted molar refractivity (Wildman–Crippen MR) is 117 cm³/mol. The van der Waals surface area contributed by atoms with E-state index in [1.165, 1.54) is 18.4 Å². The summed E-state index contributed by atoms with van der Waals surface area (Å²) in [6.45, 7) is 0. The number of hydrogen-bond acceptors (Lipinski definition) is 5. The van der Waals surface area contributed by atoms with Crippen molar-refractivity contribution in [3.05, 3.63) is 100 Å². The second-order valence-corrected chi connectivity index (χ2v) is 7.81. The van der Waals surface area contributed by atoms with E-state index in [1.54, 1.807) is 17.4 Å². The molecule has 0 spiro atoms. The van der Waals surface area contributed by atoms with Crippen LogP contribution in [0.25, 0.3) is 9.75 Å². The summed E-state index contributed by atoms with van der Waals surface area (Å²) in [5.74, 6) is -0.328. The lowest BCUT2D eigenvalue weighted by Gasteiger charge is -2.08. The van der Waals surface area contributed by atoms with E-state index in [4.69, 9.17) is 9.73 Å². The minimum atomic E-state index is -0.328. The third kappa shape index (κ3) is 3.67. The second kappa shape index (κ2) is 8.33. The molecule has 0 aliphatic carbocycles. The van der Waals surface area contributed by atoms with E-state index in [1.807, 2.05) is 53.2 Å². The Morgan fingerprint density at radius 3 is 1.96 bits per heavy atom. The highest BCUT2D eigenvalue weighted by molar-refractivity contribution is 7.21. The van der Waals surface area contributed by atoms with E-state index in [9.17, 15) is 4.79 Å². The van der Waals surface area contributed by atoms with Gasteiger partial charge in [0.05, 0.1) is 33.8 Å². The summed E-state index contributed by atoms with van der Waals surface area (Å²) in [4.78, 5) is 19.0. The van der Waals surface area contributed by atoms with Crippen LogP contribution in [-0.4, -0.2) is 18.8 Å². The third-order valence-corrected chi connectivity index (χ3v) is 6.23. The van der Waals surface area contributed by atoms with Crippen molar-refractivity contribution in [1.29, 1.82) is 0 Å². The van der Waals surface area contributed by atoms with E-state index < -0.39 is 0 Å². The summed E-state index contributed by atoms with van der Waals surface area (Å²) in [5.41, 5.74) is 4.42. The molecule has 138 valence electrons. The quantitative estimate of drug-likeness (QED) is 0.284. The Kier molecular flexibility index (Phi) is 5.46. The fourth-order valence-electron chi connectivity index (χ4n) is 2.92. The van der Waals surface area contributed by atoms with Gasteiger partial charge in [-0.05, 0) is 22.9 Å². The van der Waals surface area contributed by atoms with Gasteiger partial charge in [-0.3, -0.25) is 0 Å². The molecule has 2 heterocycles. The number of nitrogens with zero attached hydrogens (tertiary/aromatic N) is 1. The first kappa shape index (κ1) is 18.3. The molecule has 0 radical (unpaired) electrons. The monoisotopic (exact) mass is 403 g/mol. The van der Waals surface area contributed by atoms with Gasteiger partial charge in [0, 0.05) is 11.1 Å². The number of ether oxygens (including phenoxy) is 1. The number of methoxy groups -OCH3 is 1. The Hall–Kier alpha value is -3.02. The van der Waals surface area contributed by atoms with Crippen molar-refractivity contribution in [2.45, 2.75) is 0 Å². The molecular formula is C23H17NO2S2. The van der Waals surface area contributed by atoms with Crippen molar-refractivity contribution < 1.29 is 9.53 Å². The van der Waals surface area contributed by atoms with E-state index in [-0.39, 0.29) is 5.97 Å². The smallest absolute Gasteiger partial charge is 0.339 e. The molecule has 0 aliphatic rings. The maximum absolute atomic E-state index is 12.1. The molecule has 0 amide bonds. The fraction of sp³-hybridized carbons (Fsp3) is 0.0435. The summed E-state index contributed by atoms with van der Waals surface area (Å²) >= 11 is 3.10. The lowest BCUT2D eigenvalue weighted by molar-refractivity contribution is 0.0602. The maximum atomic E-state index is 12.1. The molecule has 4 aromatic rings. The molecule has 0 saturated carbocycles. The van der Waals surface area contributed by atoms with Gasteiger partial charge >= 0.3 is 5.97 Å². The minimum Gasteiger partial charge on any atom is -0.465 e. The third-order valence-electron chi connectivity index (χ3n) is 4.25. The molecule has 0 aliphatic heterocycles. The Bertz CT molecular complexity index is 1070. The fourth-order valence-corrected chi connectivity index (χ4v) is 4.83. The number of aliphatic imine (C=N–C) groups is 1. The van der Waals surface area contributed by atoms with Crippen molar-refractivity contribution in [3.63, 3.8) is 0 Å². The predicted octanol–water partition coefficient (Wildman–Crippen LogP) is 6.43. The SMILES string of the molecule is COC(=O)c1ccsc1-c1sccc1N=C(c1ccccc1)c1ccccc1. The average molecular weight is 404 g/mol. The van der Waals surface area contributed by atoms with E-state index in [0.717, 1.165) is 32.3 Å². The van der Waals surface area contributed by atoms with Gasteiger partial charge in [-0.2, -0.15) is 0 Å². The summed E-state index contributed by atoms with van der Waals surface area (Å²) in [6.07, 6.45) is 0. The molecule has 2 aromatic heterocycles. The second-order valence-electron chi connectivity index (χ2n) is 5.98. The largest absolute Gasteiger partial charge is 0.465 e. The molecule has 0 fully saturated rings. The number of esters is 1. The standard InChI is InChI=1S/C23H17NO2S2/c1-26-23(25)18-12-14-27-21(18)22-19(13-15-28-22)24-20(16-8-4-2-5-9-16)17-10-6-3-7-11-17/h2-15H,1H3. The molecule has 0 bridgehead atoms. The van der Waals surface area contributed by atoms with Crippen LogP contribution in [0.15, 0.2) is 88.5 Å². The minimum absolute atomic E-state index is 0.328. The van der Waals surface area contributed by atoms with Gasteiger partial charge in [0.25, 0.3) is 0 Å². The van der Waals surface area contributed by atoms with E-state index >= 15 is 0 Å². The Balaban J connectivity index is 1.85. The lowest BCUT2D eigenvalue weighted by atomic mass is 10.0. The maximum Gasteiger partial charge on any atom is 0.339 e. The first-order chi connectivity index (χ1) is 13.8. The van der Waals surface area contributed by atoms with Gasteiger partial charge in [0.15, 0.2) is 0 Å². The highest BCUT2D eigenvalue weighted by atomic mass is 32.1. The van der Waals surface area contributed by atoms with Crippen molar-refractivity contribution in [2.24, 2.45) is 4.99 Å². The number of rotatable bonds is 5. The highest BCUT2D eigenvalue weighted by Crippen LogP contribution is 2.41. The van der Waals surface area contributed by atoms with Crippen LogP contribution in [0, 0.1) is 0 Å². The number of carbonyl (C=O) groups excluding carboxylic acids is 1. The molecule has 0 unspecified atom stereocenters. The van der Waals surface area contributed by atoms with Crippen LogP contribution in [0.4, 0.5) is 5.69 Å². The molecule has 4 rings (SSSR count). The normalized spacial score (nSPS) is 10.5. The van der Waals surface area contributed by atoms with Crippen molar-refractivity contribution in [3.8, 4) is 9.75 Å².